The van der Waals surface area contributed by atoms with Gasteiger partial charge in [0.05, 0.1) is 0 Å². The summed E-state index contributed by atoms with van der Waals surface area (Å²) in [7, 11) is 6.03. The van der Waals surface area contributed by atoms with Crippen LogP contribution in [0.3, 0.4) is 0 Å². The Kier molecular flexibility index (Phi) is 8.50. The first-order chi connectivity index (χ1) is 25.2. The minimum Gasteiger partial charge on any atom is -0.350 e. The van der Waals surface area contributed by atoms with Gasteiger partial charge >= 0.3 is 0 Å². The minimum absolute atomic E-state index is 0.129. The first kappa shape index (κ1) is 35.4. The first-order valence-corrected chi connectivity index (χ1v) is 19.2. The highest BCUT2D eigenvalue weighted by molar-refractivity contribution is 5.83. The molecule has 53 heavy (non-hydrogen) atoms. The molecule has 0 saturated heterocycles. The van der Waals surface area contributed by atoms with Crippen LogP contribution in [0.15, 0.2) is 94.9 Å². The summed E-state index contributed by atoms with van der Waals surface area (Å²) in [6.45, 7) is 13.1. The lowest BCUT2D eigenvalue weighted by molar-refractivity contribution is -0.156. The molecule has 0 aromatic heterocycles. The molecule has 2 spiro atoms. The van der Waals surface area contributed by atoms with Crippen LogP contribution in [0.5, 0.6) is 0 Å². The molecule has 0 saturated carbocycles. The maximum absolute atomic E-state index is 6.94. The summed E-state index contributed by atoms with van der Waals surface area (Å²) in [4.78, 5) is 26.9. The van der Waals surface area contributed by atoms with Crippen LogP contribution in [0.25, 0.3) is 11.1 Å². The van der Waals surface area contributed by atoms with E-state index in [1.165, 1.54) is 33.4 Å². The number of nitrogens with one attached hydrogen (secondary N) is 1. The van der Waals surface area contributed by atoms with E-state index in [0.717, 1.165) is 72.7 Å². The molecular formula is C45H54N6O2. The van der Waals surface area contributed by atoms with E-state index in [4.69, 9.17) is 19.7 Å². The van der Waals surface area contributed by atoms with E-state index in [2.05, 4.69) is 144 Å². The monoisotopic (exact) mass is 710 g/mol. The van der Waals surface area contributed by atoms with Gasteiger partial charge in [0.1, 0.15) is 0 Å². The van der Waals surface area contributed by atoms with Gasteiger partial charge in [-0.2, -0.15) is 0 Å². The predicted octanol–water partition coefficient (Wildman–Crippen LogP) is 8.32. The third-order valence-electron chi connectivity index (χ3n) is 11.3. The summed E-state index contributed by atoms with van der Waals surface area (Å²) in [6.07, 6.45) is 5.92. The summed E-state index contributed by atoms with van der Waals surface area (Å²) in [5, 5.41) is 7.25. The second-order valence-corrected chi connectivity index (χ2v) is 17.2. The van der Waals surface area contributed by atoms with Crippen LogP contribution in [-0.2, 0) is 46.8 Å². The van der Waals surface area contributed by atoms with Crippen molar-refractivity contribution in [2.45, 2.75) is 103 Å². The molecule has 0 bridgehead atoms. The molecule has 2 atom stereocenters. The smallest absolute Gasteiger partial charge is 0.240 e. The van der Waals surface area contributed by atoms with Crippen molar-refractivity contribution in [3.63, 3.8) is 0 Å². The Labute approximate surface area is 315 Å². The Hall–Kier alpha value is -4.66. The molecule has 0 radical (unpaired) electrons. The van der Waals surface area contributed by atoms with E-state index in [0.29, 0.717) is 0 Å². The number of guanidine groups is 2. The topological polar surface area (TPSA) is 64.9 Å². The molecule has 4 aliphatic rings. The van der Waals surface area contributed by atoms with Gasteiger partial charge in [-0.15, -0.1) is 0 Å². The zero-order valence-corrected chi connectivity index (χ0v) is 32.9. The van der Waals surface area contributed by atoms with Crippen molar-refractivity contribution in [2.75, 3.05) is 21.1 Å². The van der Waals surface area contributed by atoms with Crippen molar-refractivity contribution in [3.8, 4) is 11.1 Å². The Bertz CT molecular complexity index is 2130. The van der Waals surface area contributed by atoms with Gasteiger partial charge in [0, 0.05) is 54.5 Å². The second kappa shape index (κ2) is 12.7. The quantitative estimate of drug-likeness (QED) is 0.215. The number of fused-ring (bicyclic) bond motifs is 8. The number of hydrogen-bond acceptors (Lipinski definition) is 8. The molecule has 0 fully saturated rings. The highest BCUT2D eigenvalue weighted by atomic mass is 16.7. The molecule has 2 aliphatic carbocycles. The number of nitrogens with zero attached hydrogens (tertiary/aromatic N) is 5. The van der Waals surface area contributed by atoms with Crippen LogP contribution in [0.2, 0.25) is 0 Å². The van der Waals surface area contributed by atoms with Crippen LogP contribution in [0, 0.1) is 0 Å². The standard InChI is InChI=1S/C45H54N6O2/c1-42(2,3)46-40-47-44(52-50(40)8)36-22-12-10-16-30(36)18-14-20-34-28-32(24-26-38(34)44)33-25-27-39-35(29-33)21-15-19-31-17-11-13-23-37(31)45(39)48-41(51(9)53-45)49(7)43(4,5)6/h10-13,16-17,22-29H,14-15,18-21H2,1-9H3,(H,46,47). The molecular weight excluding hydrogens is 657 g/mol. The Morgan fingerprint density at radius 1 is 0.604 bits per heavy atom. The zero-order valence-electron chi connectivity index (χ0n) is 32.9. The Morgan fingerprint density at radius 3 is 1.57 bits per heavy atom. The third-order valence-corrected chi connectivity index (χ3v) is 11.3. The number of benzene rings is 4. The van der Waals surface area contributed by atoms with Crippen molar-refractivity contribution in [2.24, 2.45) is 9.98 Å². The summed E-state index contributed by atoms with van der Waals surface area (Å²) in [5.74, 6) is 1.56. The fraction of sp³-hybridized carbons (Fsp3) is 0.422. The average Bonchev–Trinajstić information content (AvgIpc) is 3.62. The van der Waals surface area contributed by atoms with Gasteiger partial charge in [0.25, 0.3) is 0 Å². The normalized spacial score (nSPS) is 22.5. The summed E-state index contributed by atoms with van der Waals surface area (Å²) < 4.78 is 0. The number of hydrogen-bond donors (Lipinski definition) is 1. The van der Waals surface area contributed by atoms with Crippen molar-refractivity contribution in [3.05, 3.63) is 129 Å². The molecule has 0 amide bonds. The lowest BCUT2D eigenvalue weighted by atomic mass is 9.80. The molecule has 8 rings (SSSR count). The van der Waals surface area contributed by atoms with Crippen LogP contribution in [-0.4, -0.2) is 59.2 Å². The zero-order chi connectivity index (χ0) is 37.3. The summed E-state index contributed by atoms with van der Waals surface area (Å²) in [5.41, 5.74) is 9.69. The molecule has 2 unspecified atom stereocenters. The van der Waals surface area contributed by atoms with Crippen molar-refractivity contribution in [1.29, 1.82) is 0 Å². The number of aliphatic imine (C=N–C) groups is 2. The third kappa shape index (κ3) is 6.10. The summed E-state index contributed by atoms with van der Waals surface area (Å²) >= 11 is 0. The lowest BCUT2D eigenvalue weighted by Gasteiger charge is -2.35. The molecule has 8 nitrogen and oxygen atoms in total. The lowest BCUT2D eigenvalue weighted by Crippen LogP contribution is -2.47. The first-order valence-electron chi connectivity index (χ1n) is 19.2. The molecule has 4 aromatic rings. The molecule has 276 valence electrons. The van der Waals surface area contributed by atoms with Crippen LogP contribution in [0.4, 0.5) is 0 Å². The number of hydroxylamine groups is 4. The van der Waals surface area contributed by atoms with Crippen LogP contribution < -0.4 is 5.32 Å². The van der Waals surface area contributed by atoms with Crippen LogP contribution >= 0.6 is 0 Å². The molecule has 8 heteroatoms. The van der Waals surface area contributed by atoms with Gasteiger partial charge in [0.15, 0.2) is 0 Å². The average molecular weight is 711 g/mol. The second-order valence-electron chi connectivity index (χ2n) is 17.2. The molecule has 2 heterocycles. The van der Waals surface area contributed by atoms with Gasteiger partial charge in [-0.05, 0) is 113 Å². The summed E-state index contributed by atoms with van der Waals surface area (Å²) in [6, 6.07) is 31.1. The minimum atomic E-state index is -0.971. The van der Waals surface area contributed by atoms with Crippen LogP contribution in [0.1, 0.15) is 98.9 Å². The van der Waals surface area contributed by atoms with E-state index in [9.17, 15) is 0 Å². The van der Waals surface area contributed by atoms with E-state index in [-0.39, 0.29) is 11.1 Å². The molecule has 4 aromatic carbocycles. The largest absolute Gasteiger partial charge is 0.350 e. The molecule has 2 aliphatic heterocycles. The Balaban J connectivity index is 1.25. The Morgan fingerprint density at radius 2 is 1.06 bits per heavy atom. The van der Waals surface area contributed by atoms with E-state index in [1.54, 1.807) is 5.06 Å². The van der Waals surface area contributed by atoms with Gasteiger partial charge in [-0.3, -0.25) is 0 Å². The van der Waals surface area contributed by atoms with Crippen molar-refractivity contribution < 1.29 is 9.68 Å². The van der Waals surface area contributed by atoms with E-state index < -0.39 is 11.4 Å². The number of rotatable bonds is 1. The van der Waals surface area contributed by atoms with Gasteiger partial charge < -0.3 is 10.2 Å². The van der Waals surface area contributed by atoms with Gasteiger partial charge in [-0.1, -0.05) is 84.9 Å². The fourth-order valence-electron chi connectivity index (χ4n) is 8.41. The maximum Gasteiger partial charge on any atom is 0.240 e. The fourth-order valence-corrected chi connectivity index (χ4v) is 8.41. The molecule has 1 N–H and O–H groups in total. The highest BCUT2D eigenvalue weighted by Crippen LogP contribution is 2.48. The van der Waals surface area contributed by atoms with Gasteiger partial charge in [0.2, 0.25) is 23.4 Å². The highest BCUT2D eigenvalue weighted by Gasteiger charge is 2.49. The van der Waals surface area contributed by atoms with Crippen molar-refractivity contribution in [1.82, 2.24) is 20.3 Å². The van der Waals surface area contributed by atoms with Crippen molar-refractivity contribution >= 4 is 11.9 Å². The maximum atomic E-state index is 6.94. The predicted molar refractivity (Wildman–Crippen MR) is 213 cm³/mol. The van der Waals surface area contributed by atoms with E-state index >= 15 is 0 Å². The SMILES string of the molecule is CN1OC2(N=C1NC(C)(C)C)c1ccccc1CCCc1cc(-c3ccc4c(c3)CCCc3ccccc3C43N=C(N(C)C(C)(C)C)N(C)O3)ccc12. The number of aryl methyl sites for hydroxylation is 4. The van der Waals surface area contributed by atoms with Gasteiger partial charge in [-0.25, -0.2) is 29.8 Å². The van der Waals surface area contributed by atoms with E-state index in [1.807, 2.05) is 19.2 Å².